The summed E-state index contributed by atoms with van der Waals surface area (Å²) in [5.41, 5.74) is 2.48. The molecule has 0 aliphatic rings. The Hall–Kier alpha value is -2.18. The molecule has 1 amide bonds. The SMILES string of the molecule is Cc1csc(NC(=O)c2ccc(COc3ccccc3Br)cc2)n1. The first-order valence-corrected chi connectivity index (χ1v) is 8.99. The molecule has 122 valence electrons. The van der Waals surface area contributed by atoms with E-state index >= 15 is 0 Å². The number of thiazole rings is 1. The van der Waals surface area contributed by atoms with E-state index < -0.39 is 0 Å². The number of aromatic nitrogens is 1. The van der Waals surface area contributed by atoms with Crippen molar-refractivity contribution in [3.05, 3.63) is 75.2 Å². The number of hydrogen-bond acceptors (Lipinski definition) is 4. The van der Waals surface area contributed by atoms with Crippen molar-refractivity contribution < 1.29 is 9.53 Å². The van der Waals surface area contributed by atoms with Gasteiger partial charge in [-0.25, -0.2) is 4.98 Å². The maximum Gasteiger partial charge on any atom is 0.257 e. The molecule has 0 saturated carbocycles. The number of ether oxygens (including phenoxy) is 1. The van der Waals surface area contributed by atoms with Gasteiger partial charge in [0.1, 0.15) is 12.4 Å². The number of halogens is 1. The summed E-state index contributed by atoms with van der Waals surface area (Å²) in [7, 11) is 0. The zero-order valence-corrected chi connectivity index (χ0v) is 15.4. The monoisotopic (exact) mass is 402 g/mol. The number of nitrogens with zero attached hydrogens (tertiary/aromatic N) is 1. The summed E-state index contributed by atoms with van der Waals surface area (Å²) in [5.74, 6) is 0.626. The van der Waals surface area contributed by atoms with Crippen LogP contribution in [0.3, 0.4) is 0 Å². The summed E-state index contributed by atoms with van der Waals surface area (Å²) in [4.78, 5) is 16.4. The van der Waals surface area contributed by atoms with Gasteiger partial charge in [0.2, 0.25) is 0 Å². The molecular formula is C18H15BrN2O2S. The maximum atomic E-state index is 12.2. The molecule has 0 radical (unpaired) electrons. The molecule has 0 unspecified atom stereocenters. The first kappa shape index (κ1) is 16.7. The molecule has 0 atom stereocenters. The van der Waals surface area contributed by atoms with Crippen molar-refractivity contribution >= 4 is 38.3 Å². The van der Waals surface area contributed by atoms with Gasteiger partial charge in [0, 0.05) is 10.9 Å². The predicted molar refractivity (Wildman–Crippen MR) is 99.7 cm³/mol. The maximum absolute atomic E-state index is 12.2. The molecule has 0 fully saturated rings. The Morgan fingerprint density at radius 3 is 2.62 bits per heavy atom. The number of amides is 1. The topological polar surface area (TPSA) is 51.2 Å². The van der Waals surface area contributed by atoms with Gasteiger partial charge >= 0.3 is 0 Å². The fourth-order valence-electron chi connectivity index (χ4n) is 2.06. The third-order valence-electron chi connectivity index (χ3n) is 3.29. The minimum Gasteiger partial charge on any atom is -0.488 e. The number of hydrogen-bond donors (Lipinski definition) is 1. The average Bonchev–Trinajstić information content (AvgIpc) is 2.99. The van der Waals surface area contributed by atoms with Crippen molar-refractivity contribution in [1.29, 1.82) is 0 Å². The van der Waals surface area contributed by atoms with Gasteiger partial charge in [-0.2, -0.15) is 0 Å². The number of carbonyl (C=O) groups excluding carboxylic acids is 1. The normalized spacial score (nSPS) is 10.4. The molecule has 0 bridgehead atoms. The minimum absolute atomic E-state index is 0.164. The average molecular weight is 403 g/mol. The second-order valence-corrected chi connectivity index (χ2v) is 6.88. The summed E-state index contributed by atoms with van der Waals surface area (Å²) >= 11 is 4.87. The standard InChI is InChI=1S/C18H15BrN2O2S/c1-12-11-24-18(20-12)21-17(22)14-8-6-13(7-9-14)10-23-16-5-3-2-4-15(16)19/h2-9,11H,10H2,1H3,(H,20,21,22). The molecule has 0 aliphatic heterocycles. The van der Waals surface area contributed by atoms with Crippen LogP contribution in [0.4, 0.5) is 5.13 Å². The lowest BCUT2D eigenvalue weighted by Crippen LogP contribution is -2.11. The quantitative estimate of drug-likeness (QED) is 0.649. The molecule has 0 saturated heterocycles. The van der Waals surface area contributed by atoms with Crippen molar-refractivity contribution in [1.82, 2.24) is 4.98 Å². The molecule has 4 nitrogen and oxygen atoms in total. The lowest BCUT2D eigenvalue weighted by Gasteiger charge is -2.08. The molecule has 0 aliphatic carbocycles. The molecule has 24 heavy (non-hydrogen) atoms. The Bertz CT molecular complexity index is 846. The Balaban J connectivity index is 1.60. The van der Waals surface area contributed by atoms with Gasteiger partial charge in [-0.05, 0) is 52.7 Å². The van der Waals surface area contributed by atoms with Crippen LogP contribution < -0.4 is 10.1 Å². The van der Waals surface area contributed by atoms with Crippen LogP contribution in [-0.2, 0) is 6.61 Å². The van der Waals surface area contributed by atoms with Gasteiger partial charge in [0.25, 0.3) is 5.91 Å². The Morgan fingerprint density at radius 2 is 1.96 bits per heavy atom. The Morgan fingerprint density at radius 1 is 1.21 bits per heavy atom. The highest BCUT2D eigenvalue weighted by Gasteiger charge is 2.08. The molecule has 1 aromatic heterocycles. The number of benzene rings is 2. The van der Waals surface area contributed by atoms with E-state index in [4.69, 9.17) is 4.74 Å². The van der Waals surface area contributed by atoms with E-state index in [9.17, 15) is 4.79 Å². The van der Waals surface area contributed by atoms with Crippen LogP contribution in [-0.4, -0.2) is 10.9 Å². The molecule has 1 N–H and O–H groups in total. The lowest BCUT2D eigenvalue weighted by molar-refractivity contribution is 0.102. The summed E-state index contributed by atoms with van der Waals surface area (Å²) in [5, 5.41) is 5.31. The highest BCUT2D eigenvalue weighted by Crippen LogP contribution is 2.24. The van der Waals surface area contributed by atoms with Gasteiger partial charge in [0.15, 0.2) is 5.13 Å². The van der Waals surface area contributed by atoms with Crippen LogP contribution in [0.15, 0.2) is 58.4 Å². The largest absolute Gasteiger partial charge is 0.488 e. The van der Waals surface area contributed by atoms with Crippen molar-refractivity contribution in [2.45, 2.75) is 13.5 Å². The van der Waals surface area contributed by atoms with Gasteiger partial charge in [-0.3, -0.25) is 10.1 Å². The van der Waals surface area contributed by atoms with Gasteiger partial charge in [0.05, 0.1) is 10.2 Å². The van der Waals surface area contributed by atoms with Gasteiger partial charge in [-0.1, -0.05) is 24.3 Å². The molecule has 3 aromatic rings. The highest BCUT2D eigenvalue weighted by atomic mass is 79.9. The van der Waals surface area contributed by atoms with Crippen LogP contribution in [0.25, 0.3) is 0 Å². The molecule has 0 spiro atoms. The van der Waals surface area contributed by atoms with E-state index in [0.29, 0.717) is 17.3 Å². The second-order valence-electron chi connectivity index (χ2n) is 5.16. The summed E-state index contributed by atoms with van der Waals surface area (Å²) < 4.78 is 6.68. The van der Waals surface area contributed by atoms with Crippen LogP contribution in [0.2, 0.25) is 0 Å². The molecule has 6 heteroatoms. The summed E-state index contributed by atoms with van der Waals surface area (Å²) in [6, 6.07) is 15.0. The Kier molecular flexibility index (Phi) is 5.27. The molecule has 1 heterocycles. The second kappa shape index (κ2) is 7.59. The van der Waals surface area contributed by atoms with E-state index in [2.05, 4.69) is 26.2 Å². The fraction of sp³-hybridized carbons (Fsp3) is 0.111. The van der Waals surface area contributed by atoms with E-state index in [0.717, 1.165) is 21.5 Å². The number of aryl methyl sites for hydroxylation is 1. The van der Waals surface area contributed by atoms with E-state index in [1.807, 2.05) is 48.7 Å². The summed E-state index contributed by atoms with van der Waals surface area (Å²) in [6.07, 6.45) is 0. The number of carbonyl (C=O) groups is 1. The van der Waals surface area contributed by atoms with Crippen LogP contribution in [0.5, 0.6) is 5.75 Å². The zero-order valence-electron chi connectivity index (χ0n) is 13.0. The van der Waals surface area contributed by atoms with E-state index in [1.54, 1.807) is 12.1 Å². The van der Waals surface area contributed by atoms with Crippen LogP contribution in [0, 0.1) is 6.92 Å². The van der Waals surface area contributed by atoms with Crippen molar-refractivity contribution in [3.63, 3.8) is 0 Å². The first-order chi connectivity index (χ1) is 11.6. The van der Waals surface area contributed by atoms with Crippen LogP contribution in [0.1, 0.15) is 21.6 Å². The van der Waals surface area contributed by atoms with Gasteiger partial charge < -0.3 is 4.74 Å². The predicted octanol–water partition coefficient (Wildman–Crippen LogP) is 5.05. The van der Waals surface area contributed by atoms with E-state index in [1.165, 1.54) is 11.3 Å². The number of nitrogens with one attached hydrogen (secondary N) is 1. The molecule has 3 rings (SSSR count). The van der Waals surface area contributed by atoms with Crippen molar-refractivity contribution in [2.75, 3.05) is 5.32 Å². The number of rotatable bonds is 5. The number of para-hydroxylation sites is 1. The zero-order chi connectivity index (χ0) is 16.9. The molecular weight excluding hydrogens is 388 g/mol. The third kappa shape index (κ3) is 4.21. The first-order valence-electron chi connectivity index (χ1n) is 7.31. The smallest absolute Gasteiger partial charge is 0.257 e. The molecule has 2 aromatic carbocycles. The summed E-state index contributed by atoms with van der Waals surface area (Å²) in [6.45, 7) is 2.34. The lowest BCUT2D eigenvalue weighted by atomic mass is 10.1. The van der Waals surface area contributed by atoms with E-state index in [-0.39, 0.29) is 5.91 Å². The fourth-order valence-corrected chi connectivity index (χ4v) is 3.14. The van der Waals surface area contributed by atoms with Gasteiger partial charge in [-0.15, -0.1) is 11.3 Å². The Labute approximate surface area is 152 Å². The highest BCUT2D eigenvalue weighted by molar-refractivity contribution is 9.10. The third-order valence-corrected chi connectivity index (χ3v) is 4.82. The van der Waals surface area contributed by atoms with Crippen LogP contribution >= 0.6 is 27.3 Å². The van der Waals surface area contributed by atoms with Crippen molar-refractivity contribution in [3.8, 4) is 5.75 Å². The van der Waals surface area contributed by atoms with Crippen molar-refractivity contribution in [2.24, 2.45) is 0 Å². The minimum atomic E-state index is -0.164. The number of anilines is 1.